The Balaban J connectivity index is 2.57. The number of rotatable bonds is 5. The molecule has 1 rings (SSSR count). The normalized spacial score (nSPS) is 26.6. The molecule has 94 valence electrons. The van der Waals surface area contributed by atoms with Crippen LogP contribution < -0.4 is 0 Å². The minimum atomic E-state index is -0.881. The van der Waals surface area contributed by atoms with Crippen molar-refractivity contribution in [1.82, 2.24) is 0 Å². The topological polar surface area (TPSA) is 46.5 Å². The molecule has 1 N–H and O–H groups in total. The summed E-state index contributed by atoms with van der Waals surface area (Å²) in [5.41, 5.74) is -0.881. The minimum Gasteiger partial charge on any atom is -0.475 e. The Hall–Kier alpha value is -1.35. The Bertz CT molecular complexity index is 364. The molecule has 0 unspecified atom stereocenters. The zero-order valence-corrected chi connectivity index (χ0v) is 10.6. The van der Waals surface area contributed by atoms with Gasteiger partial charge in [0.1, 0.15) is 5.76 Å². The molecule has 0 saturated carbocycles. The smallest absolute Gasteiger partial charge is 0.206 e. The van der Waals surface area contributed by atoms with E-state index in [1.165, 1.54) is 6.08 Å². The number of hydrogen-bond donors (Lipinski definition) is 1. The van der Waals surface area contributed by atoms with Gasteiger partial charge >= 0.3 is 0 Å². The third-order valence-electron chi connectivity index (χ3n) is 2.61. The van der Waals surface area contributed by atoms with E-state index in [1.807, 2.05) is 19.1 Å². The monoisotopic (exact) mass is 236 g/mol. The molecule has 0 bridgehead atoms. The molecular weight excluding hydrogens is 216 g/mol. The average Bonchev–Trinajstić information content (AvgIpc) is 2.50. The Morgan fingerprint density at radius 1 is 1.59 bits per heavy atom. The van der Waals surface area contributed by atoms with Gasteiger partial charge in [-0.25, -0.2) is 0 Å². The van der Waals surface area contributed by atoms with E-state index in [9.17, 15) is 4.79 Å². The molecule has 1 aliphatic rings. The summed E-state index contributed by atoms with van der Waals surface area (Å²) in [5.74, 6) is 0.555. The molecule has 3 nitrogen and oxygen atoms in total. The number of allylic oxidation sites excluding steroid dienone is 3. The highest BCUT2D eigenvalue weighted by Crippen LogP contribution is 2.27. The van der Waals surface area contributed by atoms with Crippen molar-refractivity contribution in [2.24, 2.45) is 0 Å². The van der Waals surface area contributed by atoms with E-state index >= 15 is 0 Å². The van der Waals surface area contributed by atoms with Crippen molar-refractivity contribution >= 4 is 5.78 Å². The van der Waals surface area contributed by atoms with Gasteiger partial charge in [0.15, 0.2) is 5.60 Å². The highest BCUT2D eigenvalue weighted by atomic mass is 16.5. The molecule has 2 atom stereocenters. The summed E-state index contributed by atoms with van der Waals surface area (Å²) in [5, 5.41) is 9.12. The third kappa shape index (κ3) is 3.86. The SMILES string of the molecule is C/C=C/C1=CC(=O)[C@@](C)(/C=C/CC[C@@H](C)O)O1. The summed E-state index contributed by atoms with van der Waals surface area (Å²) < 4.78 is 5.58. The predicted molar refractivity (Wildman–Crippen MR) is 67.4 cm³/mol. The van der Waals surface area contributed by atoms with Crippen molar-refractivity contribution in [3.63, 3.8) is 0 Å². The van der Waals surface area contributed by atoms with Gasteiger partial charge in [-0.1, -0.05) is 12.2 Å². The molecule has 0 aromatic carbocycles. The number of ketones is 1. The molecular formula is C14H20O3. The first-order valence-electron chi connectivity index (χ1n) is 5.91. The molecule has 1 heterocycles. The highest BCUT2D eigenvalue weighted by molar-refractivity contribution is 6.01. The van der Waals surface area contributed by atoms with Gasteiger partial charge in [0.25, 0.3) is 0 Å². The molecule has 0 radical (unpaired) electrons. The van der Waals surface area contributed by atoms with E-state index in [1.54, 1.807) is 26.0 Å². The fourth-order valence-electron chi connectivity index (χ4n) is 1.61. The minimum absolute atomic E-state index is 0.0427. The van der Waals surface area contributed by atoms with Crippen LogP contribution in [0.3, 0.4) is 0 Å². The molecule has 0 saturated heterocycles. The molecule has 0 fully saturated rings. The summed E-state index contributed by atoms with van der Waals surface area (Å²) >= 11 is 0. The lowest BCUT2D eigenvalue weighted by molar-refractivity contribution is -0.124. The van der Waals surface area contributed by atoms with E-state index in [0.29, 0.717) is 12.2 Å². The van der Waals surface area contributed by atoms with Gasteiger partial charge in [0.2, 0.25) is 5.78 Å². The van der Waals surface area contributed by atoms with Crippen LogP contribution in [0.2, 0.25) is 0 Å². The molecule has 0 aromatic heterocycles. The van der Waals surface area contributed by atoms with Crippen molar-refractivity contribution in [1.29, 1.82) is 0 Å². The van der Waals surface area contributed by atoms with Crippen LogP contribution in [0, 0.1) is 0 Å². The van der Waals surface area contributed by atoms with Crippen LogP contribution in [-0.4, -0.2) is 22.6 Å². The number of aliphatic hydroxyl groups is 1. The number of carbonyl (C=O) groups is 1. The first-order chi connectivity index (χ1) is 7.98. The Kier molecular flexibility index (Phi) is 4.70. The van der Waals surface area contributed by atoms with Crippen LogP contribution >= 0.6 is 0 Å². The molecule has 0 aromatic rings. The van der Waals surface area contributed by atoms with Crippen LogP contribution in [0.25, 0.3) is 0 Å². The van der Waals surface area contributed by atoms with Crippen LogP contribution in [0.15, 0.2) is 36.1 Å². The molecule has 17 heavy (non-hydrogen) atoms. The maximum Gasteiger partial charge on any atom is 0.206 e. The van der Waals surface area contributed by atoms with E-state index in [-0.39, 0.29) is 11.9 Å². The Morgan fingerprint density at radius 2 is 2.29 bits per heavy atom. The van der Waals surface area contributed by atoms with E-state index < -0.39 is 5.60 Å². The predicted octanol–water partition coefficient (Wildman–Crippen LogP) is 2.52. The number of aliphatic hydroxyl groups excluding tert-OH is 1. The molecule has 0 spiro atoms. The second kappa shape index (κ2) is 5.82. The maximum atomic E-state index is 11.8. The lowest BCUT2D eigenvalue weighted by Crippen LogP contribution is -2.29. The summed E-state index contributed by atoms with van der Waals surface area (Å²) in [6.45, 7) is 5.38. The Morgan fingerprint density at radius 3 is 2.88 bits per heavy atom. The van der Waals surface area contributed by atoms with Crippen molar-refractivity contribution in [2.75, 3.05) is 0 Å². The van der Waals surface area contributed by atoms with E-state index in [2.05, 4.69) is 0 Å². The molecule has 0 aliphatic carbocycles. The largest absolute Gasteiger partial charge is 0.475 e. The molecule has 3 heteroatoms. The van der Waals surface area contributed by atoms with E-state index in [0.717, 1.165) is 6.42 Å². The van der Waals surface area contributed by atoms with Crippen molar-refractivity contribution in [3.8, 4) is 0 Å². The first kappa shape index (κ1) is 13.7. The maximum absolute atomic E-state index is 11.8. The molecule has 0 amide bonds. The first-order valence-corrected chi connectivity index (χ1v) is 5.91. The summed E-state index contributed by atoms with van der Waals surface area (Å²) in [6, 6.07) is 0. The van der Waals surface area contributed by atoms with Gasteiger partial charge in [-0.15, -0.1) is 0 Å². The summed E-state index contributed by atoms with van der Waals surface area (Å²) in [4.78, 5) is 11.8. The van der Waals surface area contributed by atoms with Gasteiger partial charge in [-0.05, 0) is 45.8 Å². The fraction of sp³-hybridized carbons (Fsp3) is 0.500. The average molecular weight is 236 g/mol. The van der Waals surface area contributed by atoms with Crippen LogP contribution in [0.5, 0.6) is 0 Å². The van der Waals surface area contributed by atoms with Gasteiger partial charge in [0, 0.05) is 6.08 Å². The third-order valence-corrected chi connectivity index (χ3v) is 2.61. The zero-order valence-electron chi connectivity index (χ0n) is 10.6. The Labute approximate surface area is 102 Å². The van der Waals surface area contributed by atoms with Crippen molar-refractivity contribution in [2.45, 2.75) is 45.3 Å². The van der Waals surface area contributed by atoms with Crippen molar-refractivity contribution in [3.05, 3.63) is 36.1 Å². The standard InChI is InChI=1S/C14H20O3/c1-4-7-12-10-13(16)14(3,17-12)9-6-5-8-11(2)15/h4,6-7,9-11,15H,5,8H2,1-3H3/b7-4+,9-6+/t11-,14-/m1/s1. The summed E-state index contributed by atoms with van der Waals surface area (Å²) in [7, 11) is 0. The summed E-state index contributed by atoms with van der Waals surface area (Å²) in [6.07, 6.45) is 9.89. The highest BCUT2D eigenvalue weighted by Gasteiger charge is 2.36. The second-order valence-electron chi connectivity index (χ2n) is 4.45. The van der Waals surface area contributed by atoms with Gasteiger partial charge in [-0.2, -0.15) is 0 Å². The van der Waals surface area contributed by atoms with Gasteiger partial charge in [-0.3, -0.25) is 4.79 Å². The fourth-order valence-corrected chi connectivity index (χ4v) is 1.61. The molecule has 1 aliphatic heterocycles. The zero-order chi connectivity index (χ0) is 12.9. The quantitative estimate of drug-likeness (QED) is 0.746. The van der Waals surface area contributed by atoms with Gasteiger partial charge < -0.3 is 9.84 Å². The number of hydrogen-bond acceptors (Lipinski definition) is 3. The van der Waals surface area contributed by atoms with E-state index in [4.69, 9.17) is 9.84 Å². The van der Waals surface area contributed by atoms with Crippen LogP contribution in [-0.2, 0) is 9.53 Å². The number of ether oxygens (including phenoxy) is 1. The van der Waals surface area contributed by atoms with Crippen LogP contribution in [0.4, 0.5) is 0 Å². The van der Waals surface area contributed by atoms with Crippen LogP contribution in [0.1, 0.15) is 33.6 Å². The van der Waals surface area contributed by atoms with Gasteiger partial charge in [0.05, 0.1) is 6.10 Å². The lowest BCUT2D eigenvalue weighted by atomic mass is 10.0. The second-order valence-corrected chi connectivity index (χ2v) is 4.45. The van der Waals surface area contributed by atoms with Crippen molar-refractivity contribution < 1.29 is 14.6 Å². The lowest BCUT2D eigenvalue weighted by Gasteiger charge is -2.18. The number of carbonyl (C=O) groups excluding carboxylic acids is 1.